The molecule has 0 fully saturated rings. The fourth-order valence-electron chi connectivity index (χ4n) is 1.86. The highest BCUT2D eigenvalue weighted by Gasteiger charge is 2.18. The van der Waals surface area contributed by atoms with E-state index >= 15 is 0 Å². The first-order valence-corrected chi connectivity index (χ1v) is 6.47. The molecule has 0 amide bonds. The van der Waals surface area contributed by atoms with Gasteiger partial charge in [0.25, 0.3) is 0 Å². The Bertz CT molecular complexity index is 182. The molecule has 0 saturated carbocycles. The summed E-state index contributed by atoms with van der Waals surface area (Å²) in [6, 6.07) is 1.10. The van der Waals surface area contributed by atoms with Crippen LogP contribution in [0, 0.1) is 0 Å². The van der Waals surface area contributed by atoms with E-state index in [1.165, 1.54) is 19.3 Å². The molecule has 0 aliphatic heterocycles. The molecular formula is C12H26N2S. The molecule has 2 atom stereocenters. The van der Waals surface area contributed by atoms with Gasteiger partial charge < -0.3 is 5.73 Å². The third-order valence-corrected chi connectivity index (χ3v) is 3.16. The van der Waals surface area contributed by atoms with Crippen molar-refractivity contribution < 1.29 is 0 Å². The van der Waals surface area contributed by atoms with E-state index in [1.807, 2.05) is 0 Å². The fraction of sp³-hybridized carbons (Fsp3) is 0.917. The van der Waals surface area contributed by atoms with Crippen LogP contribution in [0.5, 0.6) is 0 Å². The minimum absolute atomic E-state index is 0.476. The van der Waals surface area contributed by atoms with Gasteiger partial charge in [-0.3, -0.25) is 4.90 Å². The van der Waals surface area contributed by atoms with Crippen LogP contribution < -0.4 is 5.73 Å². The van der Waals surface area contributed by atoms with E-state index < -0.39 is 0 Å². The number of hydrogen-bond donors (Lipinski definition) is 1. The molecule has 15 heavy (non-hydrogen) atoms. The third-order valence-electron chi connectivity index (χ3n) is 2.99. The third kappa shape index (κ3) is 6.10. The van der Waals surface area contributed by atoms with Crippen molar-refractivity contribution in [1.29, 1.82) is 0 Å². The van der Waals surface area contributed by atoms with Crippen molar-refractivity contribution in [2.24, 2.45) is 5.73 Å². The van der Waals surface area contributed by atoms with Gasteiger partial charge in [-0.1, -0.05) is 32.5 Å². The Labute approximate surface area is 100 Å². The predicted molar refractivity (Wildman–Crippen MR) is 72.2 cm³/mol. The first-order valence-electron chi connectivity index (χ1n) is 6.06. The van der Waals surface area contributed by atoms with Crippen LogP contribution in [0.3, 0.4) is 0 Å². The fourth-order valence-corrected chi connectivity index (χ4v) is 2.10. The molecule has 2 nitrogen and oxygen atoms in total. The topological polar surface area (TPSA) is 29.3 Å². The van der Waals surface area contributed by atoms with Crippen molar-refractivity contribution in [2.45, 2.75) is 65.5 Å². The number of unbranched alkanes of at least 4 members (excludes halogenated alkanes) is 1. The van der Waals surface area contributed by atoms with Gasteiger partial charge >= 0.3 is 0 Å². The molecule has 2 unspecified atom stereocenters. The summed E-state index contributed by atoms with van der Waals surface area (Å²) in [6.45, 7) is 10.1. The second-order valence-corrected chi connectivity index (χ2v) is 4.89. The Kier molecular flexibility index (Phi) is 7.97. The summed E-state index contributed by atoms with van der Waals surface area (Å²) in [5, 5.41) is 0. The first kappa shape index (κ1) is 14.8. The summed E-state index contributed by atoms with van der Waals surface area (Å²) in [5.41, 5.74) is 5.61. The van der Waals surface area contributed by atoms with Crippen LogP contribution in [0.1, 0.15) is 53.4 Å². The van der Waals surface area contributed by atoms with Gasteiger partial charge in [0.15, 0.2) is 0 Å². The van der Waals surface area contributed by atoms with Crippen LogP contribution in [0.15, 0.2) is 0 Å². The SMILES string of the molecule is CCCCN(C(C)CC)C(C)CC(N)=S. The average molecular weight is 230 g/mol. The van der Waals surface area contributed by atoms with E-state index in [4.69, 9.17) is 18.0 Å². The van der Waals surface area contributed by atoms with Crippen LogP contribution >= 0.6 is 12.2 Å². The largest absolute Gasteiger partial charge is 0.393 e. The highest BCUT2D eigenvalue weighted by Crippen LogP contribution is 2.13. The Hall–Kier alpha value is -0.150. The summed E-state index contributed by atoms with van der Waals surface area (Å²) in [5.74, 6) is 0. The molecule has 0 radical (unpaired) electrons. The molecule has 0 aliphatic carbocycles. The second-order valence-electron chi connectivity index (χ2n) is 4.37. The van der Waals surface area contributed by atoms with Gasteiger partial charge in [0.2, 0.25) is 0 Å². The molecular weight excluding hydrogens is 204 g/mol. The number of nitrogens with zero attached hydrogens (tertiary/aromatic N) is 1. The quantitative estimate of drug-likeness (QED) is 0.650. The lowest BCUT2D eigenvalue weighted by molar-refractivity contribution is 0.151. The van der Waals surface area contributed by atoms with Crippen LogP contribution in [-0.2, 0) is 0 Å². The van der Waals surface area contributed by atoms with Crippen LogP contribution in [-0.4, -0.2) is 28.5 Å². The maximum absolute atomic E-state index is 5.61. The Morgan fingerprint density at radius 3 is 2.27 bits per heavy atom. The van der Waals surface area contributed by atoms with Gasteiger partial charge in [0, 0.05) is 18.5 Å². The van der Waals surface area contributed by atoms with E-state index in [0.29, 0.717) is 17.1 Å². The van der Waals surface area contributed by atoms with Crippen LogP contribution in [0.25, 0.3) is 0 Å². The summed E-state index contributed by atoms with van der Waals surface area (Å²) in [4.78, 5) is 3.16. The number of hydrogen-bond acceptors (Lipinski definition) is 2. The zero-order chi connectivity index (χ0) is 11.8. The first-order chi connectivity index (χ1) is 7.02. The molecule has 0 aromatic carbocycles. The minimum atomic E-state index is 0.476. The van der Waals surface area contributed by atoms with Gasteiger partial charge in [-0.25, -0.2) is 0 Å². The number of rotatable bonds is 8. The standard InChI is InChI=1S/C12H26N2S/c1-5-7-8-14(10(3)6-2)11(4)9-12(13)15/h10-11H,5-9H2,1-4H3,(H2,13,15). The number of nitrogens with two attached hydrogens (primary N) is 1. The zero-order valence-electron chi connectivity index (χ0n) is 10.6. The molecule has 0 aromatic heterocycles. The molecule has 0 saturated heterocycles. The van der Waals surface area contributed by atoms with Gasteiger partial charge in [0.05, 0.1) is 4.99 Å². The zero-order valence-corrected chi connectivity index (χ0v) is 11.4. The summed E-state index contributed by atoms with van der Waals surface area (Å²) in [7, 11) is 0. The van der Waals surface area contributed by atoms with Crippen LogP contribution in [0.4, 0.5) is 0 Å². The molecule has 0 aromatic rings. The molecule has 0 spiro atoms. The monoisotopic (exact) mass is 230 g/mol. The Morgan fingerprint density at radius 2 is 1.87 bits per heavy atom. The van der Waals surface area contributed by atoms with Gasteiger partial charge in [0.1, 0.15) is 0 Å². The second kappa shape index (κ2) is 8.05. The maximum atomic E-state index is 5.61. The Morgan fingerprint density at radius 1 is 1.27 bits per heavy atom. The Balaban J connectivity index is 4.25. The molecule has 0 bridgehead atoms. The lowest BCUT2D eigenvalue weighted by Gasteiger charge is -2.34. The molecule has 3 heteroatoms. The van der Waals surface area contributed by atoms with E-state index in [0.717, 1.165) is 13.0 Å². The van der Waals surface area contributed by atoms with Crippen molar-refractivity contribution in [3.8, 4) is 0 Å². The van der Waals surface area contributed by atoms with E-state index in [2.05, 4.69) is 32.6 Å². The molecule has 2 N–H and O–H groups in total. The maximum Gasteiger partial charge on any atom is 0.0742 e. The number of thiocarbonyl (C=S) groups is 1. The van der Waals surface area contributed by atoms with Crippen LogP contribution in [0.2, 0.25) is 0 Å². The summed E-state index contributed by atoms with van der Waals surface area (Å²) >= 11 is 4.98. The highest BCUT2D eigenvalue weighted by atomic mass is 32.1. The van der Waals surface area contributed by atoms with Crippen molar-refractivity contribution in [1.82, 2.24) is 4.90 Å². The van der Waals surface area contributed by atoms with Crippen molar-refractivity contribution in [3.63, 3.8) is 0 Å². The van der Waals surface area contributed by atoms with E-state index in [9.17, 15) is 0 Å². The van der Waals surface area contributed by atoms with Gasteiger partial charge in [-0.15, -0.1) is 0 Å². The molecule has 90 valence electrons. The van der Waals surface area contributed by atoms with Crippen molar-refractivity contribution in [3.05, 3.63) is 0 Å². The molecule has 0 rings (SSSR count). The van der Waals surface area contributed by atoms with Gasteiger partial charge in [-0.2, -0.15) is 0 Å². The smallest absolute Gasteiger partial charge is 0.0742 e. The lowest BCUT2D eigenvalue weighted by Crippen LogP contribution is -2.42. The highest BCUT2D eigenvalue weighted by molar-refractivity contribution is 7.80. The average Bonchev–Trinajstić information content (AvgIpc) is 2.16. The lowest BCUT2D eigenvalue weighted by atomic mass is 10.1. The predicted octanol–water partition coefficient (Wildman–Crippen LogP) is 2.95. The van der Waals surface area contributed by atoms with Crippen molar-refractivity contribution in [2.75, 3.05) is 6.54 Å². The molecule has 0 aliphatic rings. The summed E-state index contributed by atoms with van der Waals surface area (Å²) in [6.07, 6.45) is 4.52. The normalized spacial score (nSPS) is 15.3. The van der Waals surface area contributed by atoms with E-state index in [-0.39, 0.29) is 0 Å². The van der Waals surface area contributed by atoms with E-state index in [1.54, 1.807) is 0 Å². The minimum Gasteiger partial charge on any atom is -0.393 e. The van der Waals surface area contributed by atoms with Gasteiger partial charge in [-0.05, 0) is 33.2 Å². The molecule has 0 heterocycles. The van der Waals surface area contributed by atoms with Crippen molar-refractivity contribution >= 4 is 17.2 Å². The summed E-state index contributed by atoms with van der Waals surface area (Å²) < 4.78 is 0.